The molecule has 158 valence electrons. The number of fused-ring (bicyclic) bond motifs is 1. The van der Waals surface area contributed by atoms with Gasteiger partial charge in [-0.05, 0) is 25.7 Å². The van der Waals surface area contributed by atoms with E-state index < -0.39 is 59.1 Å². The van der Waals surface area contributed by atoms with Crippen LogP contribution in [0.3, 0.4) is 0 Å². The summed E-state index contributed by atoms with van der Waals surface area (Å²) < 4.78 is 107. The van der Waals surface area contributed by atoms with Crippen molar-refractivity contribution in [3.8, 4) is 0 Å². The number of carbonyl (C=O) groups excluding carboxylic acids is 1. The molecule has 1 amide bonds. The molecular weight excluding hydrogens is 414 g/mol. The highest BCUT2D eigenvalue weighted by molar-refractivity contribution is 5.90. The number of amides is 1. The molecular formula is C17H13F8N3O. The van der Waals surface area contributed by atoms with Gasteiger partial charge in [0.25, 0.3) is 0 Å². The summed E-state index contributed by atoms with van der Waals surface area (Å²) in [6.07, 6.45) is -2.74. The molecule has 0 radical (unpaired) electrons. The minimum Gasteiger partial charge on any atom is -0.319 e. The first-order valence-corrected chi connectivity index (χ1v) is 8.49. The Bertz CT molecular complexity index is 938. The van der Waals surface area contributed by atoms with Gasteiger partial charge in [0.15, 0.2) is 29.0 Å². The van der Waals surface area contributed by atoms with Crippen molar-refractivity contribution in [1.82, 2.24) is 9.78 Å². The number of carbonyl (C=O) groups is 1. The van der Waals surface area contributed by atoms with E-state index >= 15 is 0 Å². The van der Waals surface area contributed by atoms with Gasteiger partial charge < -0.3 is 5.32 Å². The third kappa shape index (κ3) is 3.92. The van der Waals surface area contributed by atoms with Crippen molar-refractivity contribution in [2.45, 2.75) is 44.8 Å². The van der Waals surface area contributed by atoms with Crippen LogP contribution in [0.4, 0.5) is 40.8 Å². The van der Waals surface area contributed by atoms with Crippen LogP contribution in [0.5, 0.6) is 0 Å². The molecule has 3 rings (SSSR count). The van der Waals surface area contributed by atoms with E-state index in [1.807, 2.05) is 0 Å². The van der Waals surface area contributed by atoms with Crippen molar-refractivity contribution < 1.29 is 39.9 Å². The number of nitrogens with one attached hydrogen (secondary N) is 1. The van der Waals surface area contributed by atoms with Crippen molar-refractivity contribution in [3.63, 3.8) is 0 Å². The molecule has 12 heteroatoms. The Labute approximate surface area is 158 Å². The number of anilines is 1. The maximum atomic E-state index is 13.7. The third-order valence-corrected chi connectivity index (χ3v) is 4.54. The molecule has 0 saturated heterocycles. The molecule has 1 aliphatic carbocycles. The summed E-state index contributed by atoms with van der Waals surface area (Å²) in [5.41, 5.74) is -2.64. The van der Waals surface area contributed by atoms with Crippen molar-refractivity contribution in [1.29, 1.82) is 0 Å². The minimum atomic E-state index is -4.77. The van der Waals surface area contributed by atoms with Crippen LogP contribution in [0.2, 0.25) is 0 Å². The van der Waals surface area contributed by atoms with E-state index in [4.69, 9.17) is 0 Å². The van der Waals surface area contributed by atoms with Gasteiger partial charge in [-0.15, -0.1) is 0 Å². The lowest BCUT2D eigenvalue weighted by atomic mass is 10.1. The van der Waals surface area contributed by atoms with Gasteiger partial charge in [-0.2, -0.15) is 18.3 Å². The standard InChI is InChI=1S/C17H13F8N3O/c18-10-11(19)13(21)15(14(22)12(10)20)26-9(29)6-28-8-5-3-1-2-4-7(8)16(27-28)17(23,24)25/h1-6H2,(H,26,29). The van der Waals surface area contributed by atoms with Gasteiger partial charge in [0.05, 0.1) is 0 Å². The topological polar surface area (TPSA) is 46.9 Å². The Morgan fingerprint density at radius 3 is 2.03 bits per heavy atom. The number of alkyl halides is 3. The van der Waals surface area contributed by atoms with Gasteiger partial charge in [-0.1, -0.05) is 6.42 Å². The molecule has 0 aliphatic heterocycles. The molecule has 1 heterocycles. The molecule has 4 nitrogen and oxygen atoms in total. The van der Waals surface area contributed by atoms with E-state index in [9.17, 15) is 39.9 Å². The van der Waals surface area contributed by atoms with Crippen LogP contribution in [0.15, 0.2) is 0 Å². The van der Waals surface area contributed by atoms with Crippen LogP contribution in [0, 0.1) is 29.1 Å². The van der Waals surface area contributed by atoms with Gasteiger partial charge >= 0.3 is 6.18 Å². The van der Waals surface area contributed by atoms with E-state index in [0.29, 0.717) is 19.3 Å². The van der Waals surface area contributed by atoms with Crippen LogP contribution in [-0.4, -0.2) is 15.7 Å². The van der Waals surface area contributed by atoms with Crippen LogP contribution in [0.25, 0.3) is 0 Å². The van der Waals surface area contributed by atoms with E-state index in [-0.39, 0.29) is 24.1 Å². The first kappa shape index (κ1) is 21.1. The number of halogens is 8. The zero-order valence-corrected chi connectivity index (χ0v) is 14.6. The molecule has 0 fully saturated rings. The first-order chi connectivity index (χ1) is 13.5. The summed E-state index contributed by atoms with van der Waals surface area (Å²) in [5, 5.41) is 4.94. The Balaban J connectivity index is 1.92. The summed E-state index contributed by atoms with van der Waals surface area (Å²) in [6.45, 7) is -0.891. The highest BCUT2D eigenvalue weighted by Crippen LogP contribution is 2.35. The predicted octanol–water partition coefficient (Wildman–Crippen LogP) is 4.51. The van der Waals surface area contributed by atoms with Crippen molar-refractivity contribution in [2.75, 3.05) is 5.32 Å². The molecule has 1 aliphatic rings. The van der Waals surface area contributed by atoms with E-state index in [1.165, 1.54) is 5.32 Å². The summed E-state index contributed by atoms with van der Waals surface area (Å²) in [7, 11) is 0. The summed E-state index contributed by atoms with van der Waals surface area (Å²) in [5.74, 6) is -12.7. The van der Waals surface area contributed by atoms with Gasteiger partial charge in [0.2, 0.25) is 11.7 Å². The fourth-order valence-corrected chi connectivity index (χ4v) is 3.24. The Morgan fingerprint density at radius 1 is 0.897 bits per heavy atom. The molecule has 29 heavy (non-hydrogen) atoms. The van der Waals surface area contributed by atoms with Gasteiger partial charge in [0.1, 0.15) is 12.2 Å². The second-order valence-electron chi connectivity index (χ2n) is 6.48. The zero-order valence-electron chi connectivity index (χ0n) is 14.6. The predicted molar refractivity (Wildman–Crippen MR) is 83.3 cm³/mol. The molecule has 0 bridgehead atoms. The summed E-state index contributed by atoms with van der Waals surface area (Å²) in [4.78, 5) is 12.1. The number of aromatic nitrogens is 2. The highest BCUT2D eigenvalue weighted by atomic mass is 19.4. The van der Waals surface area contributed by atoms with Crippen LogP contribution in [-0.2, 0) is 30.4 Å². The molecule has 0 unspecified atom stereocenters. The zero-order chi connectivity index (χ0) is 21.5. The van der Waals surface area contributed by atoms with Gasteiger partial charge in [-0.3, -0.25) is 9.48 Å². The van der Waals surface area contributed by atoms with Crippen LogP contribution in [0.1, 0.15) is 36.2 Å². The SMILES string of the molecule is O=C(Cn1nc(C(F)(F)F)c2c1CCCCC2)Nc1c(F)c(F)c(F)c(F)c1F. The second-order valence-corrected chi connectivity index (χ2v) is 6.48. The maximum Gasteiger partial charge on any atom is 0.435 e. The molecule has 0 spiro atoms. The van der Waals surface area contributed by atoms with Gasteiger partial charge in [-0.25, -0.2) is 22.0 Å². The number of rotatable bonds is 3. The lowest BCUT2D eigenvalue weighted by Crippen LogP contribution is -2.23. The lowest BCUT2D eigenvalue weighted by Gasteiger charge is -2.11. The fourth-order valence-electron chi connectivity index (χ4n) is 3.24. The normalized spacial score (nSPS) is 14.5. The molecule has 1 aromatic heterocycles. The number of benzene rings is 1. The quantitative estimate of drug-likeness (QED) is 0.339. The van der Waals surface area contributed by atoms with E-state index in [0.717, 1.165) is 4.68 Å². The summed E-state index contributed by atoms with van der Waals surface area (Å²) in [6, 6.07) is 0. The average Bonchev–Trinajstić information content (AvgIpc) is 2.83. The number of hydrogen-bond acceptors (Lipinski definition) is 2. The van der Waals surface area contributed by atoms with Crippen molar-refractivity contribution >= 4 is 11.6 Å². The van der Waals surface area contributed by atoms with Gasteiger partial charge in [0, 0.05) is 11.3 Å². The summed E-state index contributed by atoms with van der Waals surface area (Å²) >= 11 is 0. The van der Waals surface area contributed by atoms with Crippen LogP contribution < -0.4 is 5.32 Å². The van der Waals surface area contributed by atoms with Crippen molar-refractivity contribution in [3.05, 3.63) is 46.0 Å². The van der Waals surface area contributed by atoms with Crippen molar-refractivity contribution in [2.24, 2.45) is 0 Å². The molecule has 0 atom stereocenters. The fraction of sp³-hybridized carbons (Fsp3) is 0.412. The largest absolute Gasteiger partial charge is 0.435 e. The Hall–Kier alpha value is -2.66. The molecule has 1 N–H and O–H groups in total. The minimum absolute atomic E-state index is 0.0565. The van der Waals surface area contributed by atoms with E-state index in [2.05, 4.69) is 5.10 Å². The molecule has 1 aromatic carbocycles. The third-order valence-electron chi connectivity index (χ3n) is 4.54. The lowest BCUT2D eigenvalue weighted by molar-refractivity contribution is -0.142. The molecule has 2 aromatic rings. The first-order valence-electron chi connectivity index (χ1n) is 8.49. The Morgan fingerprint density at radius 2 is 1.45 bits per heavy atom. The Kier molecular flexibility index (Phi) is 5.54. The second kappa shape index (κ2) is 7.64. The number of nitrogens with zero attached hydrogens (tertiary/aromatic N) is 2. The maximum absolute atomic E-state index is 13.7. The smallest absolute Gasteiger partial charge is 0.319 e. The highest BCUT2D eigenvalue weighted by Gasteiger charge is 2.39. The molecule has 0 saturated carbocycles. The monoisotopic (exact) mass is 427 g/mol. The van der Waals surface area contributed by atoms with E-state index in [1.54, 1.807) is 0 Å². The van der Waals surface area contributed by atoms with Crippen LogP contribution >= 0.6 is 0 Å². The average molecular weight is 427 g/mol. The number of hydrogen-bond donors (Lipinski definition) is 1.